The van der Waals surface area contributed by atoms with Crippen LogP contribution in [-0.2, 0) is 16.0 Å². The minimum atomic E-state index is -1.24. The number of carboxylic acids is 1. The van der Waals surface area contributed by atoms with E-state index in [0.29, 0.717) is 16.7 Å². The molecule has 1 unspecified atom stereocenters. The summed E-state index contributed by atoms with van der Waals surface area (Å²) in [5.74, 6) is -1.89. The number of carbonyl (C=O) groups is 3. The van der Waals surface area contributed by atoms with Crippen LogP contribution in [-0.4, -0.2) is 34.6 Å². The number of primary amides is 1. The van der Waals surface area contributed by atoms with Gasteiger partial charge in [-0.05, 0) is 55.9 Å². The lowest BCUT2D eigenvalue weighted by Gasteiger charge is -2.23. The number of hydrazine groups is 1. The first-order valence-corrected chi connectivity index (χ1v) is 12.5. The summed E-state index contributed by atoms with van der Waals surface area (Å²) in [5.41, 5.74) is 12.4. The molecule has 10 nitrogen and oxygen atoms in total. The van der Waals surface area contributed by atoms with E-state index in [1.54, 1.807) is 30.6 Å². The molecule has 1 saturated carbocycles. The second-order valence-corrected chi connectivity index (χ2v) is 10.3. The Hall–Kier alpha value is -3.70. The molecule has 1 atom stereocenters. The van der Waals surface area contributed by atoms with Gasteiger partial charge in [0.1, 0.15) is 12.0 Å². The first-order valence-electron chi connectivity index (χ1n) is 11.7. The summed E-state index contributed by atoms with van der Waals surface area (Å²) in [6.45, 7) is 0. The maximum Gasteiger partial charge on any atom is 0.341 e. The summed E-state index contributed by atoms with van der Waals surface area (Å²) in [6.07, 6.45) is 5.52. The lowest BCUT2D eigenvalue weighted by Crippen LogP contribution is -2.42. The average molecular weight is 511 g/mol. The van der Waals surface area contributed by atoms with Gasteiger partial charge in [-0.25, -0.2) is 10.2 Å². The van der Waals surface area contributed by atoms with Gasteiger partial charge in [-0.1, -0.05) is 0 Å². The Bertz CT molecular complexity index is 1450. The highest BCUT2D eigenvalue weighted by molar-refractivity contribution is 7.15. The number of aryl methyl sites for hydroxylation is 1. The van der Waals surface area contributed by atoms with E-state index in [0.717, 1.165) is 48.1 Å². The third kappa shape index (κ3) is 4.35. The van der Waals surface area contributed by atoms with E-state index in [2.05, 4.69) is 16.9 Å². The van der Waals surface area contributed by atoms with Gasteiger partial charge in [0.15, 0.2) is 5.75 Å². The molecule has 2 amide bonds. The highest BCUT2D eigenvalue weighted by Gasteiger charge is 2.30. The second-order valence-electron chi connectivity index (χ2n) is 9.13. The minimum absolute atomic E-state index is 0.121. The zero-order valence-electron chi connectivity index (χ0n) is 19.6. The first kappa shape index (κ1) is 24.0. The number of aromatic carboxylic acids is 1. The SMILES string of the molecule is COc1c(-c2cc3c(s2)CCCC3NNC(=O)CC(N)=O)ccc2c(=O)c(C(=O)O)cn(C3CC3)c12. The number of ether oxygens (including phenoxy) is 1. The number of benzene rings is 1. The molecule has 0 bridgehead atoms. The Balaban J connectivity index is 1.56. The van der Waals surface area contributed by atoms with Crippen molar-refractivity contribution < 1.29 is 24.2 Å². The van der Waals surface area contributed by atoms with Gasteiger partial charge in [0.05, 0.1) is 24.1 Å². The van der Waals surface area contributed by atoms with Gasteiger partial charge in [0, 0.05) is 27.6 Å². The van der Waals surface area contributed by atoms with E-state index in [1.807, 2.05) is 4.57 Å². The number of fused-ring (bicyclic) bond motifs is 2. The maximum absolute atomic E-state index is 13.0. The minimum Gasteiger partial charge on any atom is -0.494 e. The third-order valence-corrected chi connectivity index (χ3v) is 7.87. The molecular formula is C25H26N4O6S. The average Bonchev–Trinajstić information content (AvgIpc) is 3.59. The third-order valence-electron chi connectivity index (χ3n) is 6.62. The number of rotatable bonds is 8. The lowest BCUT2D eigenvalue weighted by atomic mass is 9.93. The zero-order valence-corrected chi connectivity index (χ0v) is 20.4. The number of nitrogens with zero attached hydrogens (tertiary/aromatic N) is 1. The molecule has 0 aliphatic heterocycles. The molecular weight excluding hydrogens is 484 g/mol. The van der Waals surface area contributed by atoms with E-state index >= 15 is 0 Å². The van der Waals surface area contributed by atoms with Crippen molar-refractivity contribution in [3.63, 3.8) is 0 Å². The Morgan fingerprint density at radius 2 is 2.03 bits per heavy atom. The van der Waals surface area contributed by atoms with Crippen molar-refractivity contribution in [2.24, 2.45) is 5.73 Å². The molecule has 188 valence electrons. The van der Waals surface area contributed by atoms with Gasteiger partial charge in [0.25, 0.3) is 0 Å². The van der Waals surface area contributed by atoms with Crippen molar-refractivity contribution in [1.82, 2.24) is 15.4 Å². The molecule has 5 rings (SSSR count). The standard InChI is InChI=1S/C25H26N4O6S/c1-35-24-13(7-8-14-22(24)29(12-5-6-12)11-16(23(14)32)25(33)34)19-9-15-17(3-2-4-18(15)36-19)27-28-21(31)10-20(26)30/h7-9,11-12,17,27H,2-6,10H2,1H3,(H2,26,30)(H,28,31)(H,33,34). The molecule has 0 radical (unpaired) electrons. The molecule has 2 aliphatic rings. The Morgan fingerprint density at radius 1 is 1.25 bits per heavy atom. The topological polar surface area (TPSA) is 153 Å². The second kappa shape index (κ2) is 9.40. The lowest BCUT2D eigenvalue weighted by molar-refractivity contribution is -0.128. The summed E-state index contributed by atoms with van der Waals surface area (Å²) in [7, 11) is 1.55. The molecule has 1 fully saturated rings. The predicted molar refractivity (Wildman–Crippen MR) is 134 cm³/mol. The summed E-state index contributed by atoms with van der Waals surface area (Å²) in [5, 5.41) is 9.87. The number of methoxy groups -OCH3 is 1. The predicted octanol–water partition coefficient (Wildman–Crippen LogP) is 2.65. The Labute approximate surface area is 210 Å². The van der Waals surface area contributed by atoms with Crippen LogP contribution < -0.4 is 26.8 Å². The van der Waals surface area contributed by atoms with Gasteiger partial charge in [-0.3, -0.25) is 19.8 Å². The van der Waals surface area contributed by atoms with Crippen LogP contribution in [0.1, 0.15) is 65.0 Å². The van der Waals surface area contributed by atoms with Crippen molar-refractivity contribution in [1.29, 1.82) is 0 Å². The number of hydrogen-bond donors (Lipinski definition) is 4. The van der Waals surface area contributed by atoms with Crippen LogP contribution in [0.3, 0.4) is 0 Å². The van der Waals surface area contributed by atoms with Crippen LogP contribution in [0.25, 0.3) is 21.3 Å². The quantitative estimate of drug-likeness (QED) is 0.268. The monoisotopic (exact) mass is 510 g/mol. The molecule has 5 N–H and O–H groups in total. The van der Waals surface area contributed by atoms with Gasteiger partial charge in [-0.2, -0.15) is 0 Å². The fraction of sp³-hybridized carbons (Fsp3) is 0.360. The Kier molecular flexibility index (Phi) is 6.27. The maximum atomic E-state index is 13.0. The summed E-state index contributed by atoms with van der Waals surface area (Å²) in [6, 6.07) is 5.56. The molecule has 36 heavy (non-hydrogen) atoms. The number of pyridine rings is 1. The molecule has 11 heteroatoms. The van der Waals surface area contributed by atoms with Crippen molar-refractivity contribution in [2.45, 2.75) is 50.6 Å². The fourth-order valence-electron chi connectivity index (χ4n) is 4.82. The molecule has 1 aromatic carbocycles. The number of nitrogens with one attached hydrogen (secondary N) is 2. The summed E-state index contributed by atoms with van der Waals surface area (Å²) in [4.78, 5) is 49.7. The van der Waals surface area contributed by atoms with E-state index in [4.69, 9.17) is 10.5 Å². The van der Waals surface area contributed by atoms with E-state index < -0.39 is 23.2 Å². The Morgan fingerprint density at radius 3 is 2.69 bits per heavy atom. The number of amides is 2. The number of aromatic nitrogens is 1. The highest BCUT2D eigenvalue weighted by Crippen LogP contribution is 2.46. The number of thiophene rings is 1. The van der Waals surface area contributed by atoms with E-state index in [-0.39, 0.29) is 24.1 Å². The van der Waals surface area contributed by atoms with Crippen LogP contribution in [0, 0.1) is 0 Å². The normalized spacial score (nSPS) is 17.0. The van der Waals surface area contributed by atoms with Crippen LogP contribution in [0.15, 0.2) is 29.2 Å². The van der Waals surface area contributed by atoms with Crippen molar-refractivity contribution in [3.05, 3.63) is 50.6 Å². The summed E-state index contributed by atoms with van der Waals surface area (Å²) < 4.78 is 7.71. The largest absolute Gasteiger partial charge is 0.494 e. The van der Waals surface area contributed by atoms with Gasteiger partial charge < -0.3 is 20.1 Å². The number of carboxylic acid groups (broad SMARTS) is 1. The van der Waals surface area contributed by atoms with Crippen LogP contribution >= 0.6 is 11.3 Å². The van der Waals surface area contributed by atoms with Gasteiger partial charge in [0.2, 0.25) is 17.2 Å². The molecule has 0 saturated heterocycles. The van der Waals surface area contributed by atoms with Gasteiger partial charge >= 0.3 is 5.97 Å². The number of carbonyl (C=O) groups excluding carboxylic acids is 2. The fourth-order valence-corrected chi connectivity index (χ4v) is 6.11. The van der Waals surface area contributed by atoms with Gasteiger partial charge in [-0.15, -0.1) is 11.3 Å². The molecule has 3 aromatic rings. The van der Waals surface area contributed by atoms with E-state index in [9.17, 15) is 24.3 Å². The first-order chi connectivity index (χ1) is 17.3. The molecule has 2 aliphatic carbocycles. The molecule has 2 heterocycles. The molecule has 0 spiro atoms. The zero-order chi connectivity index (χ0) is 25.6. The highest BCUT2D eigenvalue weighted by atomic mass is 32.1. The number of hydrogen-bond acceptors (Lipinski definition) is 7. The van der Waals surface area contributed by atoms with Crippen LogP contribution in [0.5, 0.6) is 5.75 Å². The molecule has 2 aromatic heterocycles. The van der Waals surface area contributed by atoms with Crippen molar-refractivity contribution in [3.8, 4) is 16.2 Å². The number of nitrogens with two attached hydrogens (primary N) is 1. The van der Waals surface area contributed by atoms with Crippen molar-refractivity contribution >= 4 is 40.0 Å². The smallest absolute Gasteiger partial charge is 0.341 e. The van der Waals surface area contributed by atoms with Crippen LogP contribution in [0.4, 0.5) is 0 Å². The summed E-state index contributed by atoms with van der Waals surface area (Å²) >= 11 is 1.63. The van der Waals surface area contributed by atoms with Crippen molar-refractivity contribution in [2.75, 3.05) is 7.11 Å². The van der Waals surface area contributed by atoms with E-state index in [1.165, 1.54) is 11.1 Å². The van der Waals surface area contributed by atoms with Crippen LogP contribution in [0.2, 0.25) is 0 Å².